The van der Waals surface area contributed by atoms with Crippen molar-refractivity contribution in [2.45, 2.75) is 44.2 Å². The molecule has 4 N–H and O–H groups in total. The van der Waals surface area contributed by atoms with Crippen LogP contribution in [0.5, 0.6) is 0 Å². The van der Waals surface area contributed by atoms with Crippen LogP contribution in [0.2, 0.25) is 0 Å². The van der Waals surface area contributed by atoms with Crippen LogP contribution in [0, 0.1) is 11.8 Å². The fourth-order valence-electron chi connectivity index (χ4n) is 2.33. The van der Waals surface area contributed by atoms with Gasteiger partial charge in [-0.3, -0.25) is 9.59 Å². The number of carboxylic acids is 1. The van der Waals surface area contributed by atoms with Crippen molar-refractivity contribution in [1.29, 1.82) is 0 Å². The van der Waals surface area contributed by atoms with Gasteiger partial charge in [0.25, 0.3) is 0 Å². The predicted molar refractivity (Wildman–Crippen MR) is 57.6 cm³/mol. The molecule has 2 rings (SSSR count). The SMILES string of the molecule is NC1CCC(NC(=O)[C@@H]2C[C@@H]2C(=O)O)CC1. The minimum atomic E-state index is -0.856. The van der Waals surface area contributed by atoms with Crippen LogP contribution in [-0.2, 0) is 9.59 Å². The number of hydrogen-bond acceptors (Lipinski definition) is 3. The topological polar surface area (TPSA) is 92.4 Å². The lowest BCUT2D eigenvalue weighted by molar-refractivity contribution is -0.140. The molecular weight excluding hydrogens is 208 g/mol. The van der Waals surface area contributed by atoms with E-state index >= 15 is 0 Å². The Kier molecular flexibility index (Phi) is 3.14. The average molecular weight is 226 g/mol. The molecule has 0 aromatic rings. The summed E-state index contributed by atoms with van der Waals surface area (Å²) in [6, 6.07) is 0.461. The molecular formula is C11H18N2O3. The van der Waals surface area contributed by atoms with E-state index in [1.165, 1.54) is 0 Å². The average Bonchev–Trinajstić information content (AvgIpc) is 3.01. The van der Waals surface area contributed by atoms with Crippen molar-refractivity contribution >= 4 is 11.9 Å². The number of aliphatic carboxylic acids is 1. The first-order valence-corrected chi connectivity index (χ1v) is 5.86. The van der Waals surface area contributed by atoms with E-state index in [2.05, 4.69) is 5.32 Å². The third-order valence-electron chi connectivity index (χ3n) is 3.56. The van der Waals surface area contributed by atoms with Gasteiger partial charge in [-0.1, -0.05) is 0 Å². The Hall–Kier alpha value is -1.10. The van der Waals surface area contributed by atoms with Gasteiger partial charge in [0.05, 0.1) is 11.8 Å². The maximum absolute atomic E-state index is 11.7. The number of carbonyl (C=O) groups is 2. The highest BCUT2D eigenvalue weighted by Gasteiger charge is 2.48. The lowest BCUT2D eigenvalue weighted by Crippen LogP contribution is -2.41. The van der Waals surface area contributed by atoms with Gasteiger partial charge in [-0.25, -0.2) is 0 Å². The van der Waals surface area contributed by atoms with Gasteiger partial charge in [0.2, 0.25) is 5.91 Å². The molecule has 0 radical (unpaired) electrons. The van der Waals surface area contributed by atoms with E-state index in [0.717, 1.165) is 25.7 Å². The molecule has 0 bridgehead atoms. The van der Waals surface area contributed by atoms with Crippen LogP contribution in [-0.4, -0.2) is 29.1 Å². The van der Waals surface area contributed by atoms with E-state index in [-0.39, 0.29) is 23.9 Å². The Balaban J connectivity index is 1.74. The summed E-state index contributed by atoms with van der Waals surface area (Å²) in [7, 11) is 0. The quantitative estimate of drug-likeness (QED) is 0.636. The van der Waals surface area contributed by atoms with Gasteiger partial charge >= 0.3 is 5.97 Å². The maximum Gasteiger partial charge on any atom is 0.307 e. The first kappa shape index (κ1) is 11.4. The number of nitrogens with one attached hydrogen (secondary N) is 1. The van der Waals surface area contributed by atoms with E-state index in [9.17, 15) is 9.59 Å². The van der Waals surface area contributed by atoms with Crippen molar-refractivity contribution in [3.8, 4) is 0 Å². The summed E-state index contributed by atoms with van der Waals surface area (Å²) in [5.74, 6) is -1.70. The van der Waals surface area contributed by atoms with E-state index < -0.39 is 11.9 Å². The van der Waals surface area contributed by atoms with E-state index in [1.807, 2.05) is 0 Å². The Morgan fingerprint density at radius 1 is 1.12 bits per heavy atom. The number of rotatable bonds is 3. The summed E-state index contributed by atoms with van der Waals surface area (Å²) < 4.78 is 0. The standard InChI is InChI=1S/C11H18N2O3/c12-6-1-3-7(4-2-6)13-10(14)8-5-9(8)11(15)16/h6-9H,1-5,12H2,(H,13,14)(H,15,16)/t6?,7?,8-,9+/m1/s1. The Morgan fingerprint density at radius 3 is 2.25 bits per heavy atom. The van der Waals surface area contributed by atoms with Crippen LogP contribution in [0.15, 0.2) is 0 Å². The molecule has 2 atom stereocenters. The summed E-state index contributed by atoms with van der Waals surface area (Å²) in [4.78, 5) is 22.3. The summed E-state index contributed by atoms with van der Waals surface area (Å²) in [5, 5.41) is 11.6. The summed E-state index contributed by atoms with van der Waals surface area (Å²) in [6.07, 6.45) is 4.21. The molecule has 0 saturated heterocycles. The number of carbonyl (C=O) groups excluding carboxylic acids is 1. The molecule has 0 aromatic heterocycles. The van der Waals surface area contributed by atoms with Crippen LogP contribution < -0.4 is 11.1 Å². The molecule has 0 aliphatic heterocycles. The lowest BCUT2D eigenvalue weighted by atomic mass is 9.92. The molecule has 1 amide bonds. The van der Waals surface area contributed by atoms with Gasteiger partial charge in [-0.05, 0) is 32.1 Å². The van der Waals surface area contributed by atoms with Crippen molar-refractivity contribution in [1.82, 2.24) is 5.32 Å². The Bertz CT molecular complexity index is 298. The van der Waals surface area contributed by atoms with Crippen LogP contribution in [0.4, 0.5) is 0 Å². The summed E-state index contributed by atoms with van der Waals surface area (Å²) in [6.45, 7) is 0. The second-order valence-corrected chi connectivity index (χ2v) is 4.91. The molecule has 0 spiro atoms. The highest BCUT2D eigenvalue weighted by molar-refractivity contribution is 5.89. The van der Waals surface area contributed by atoms with Crippen LogP contribution in [0.25, 0.3) is 0 Å². The van der Waals surface area contributed by atoms with E-state index in [4.69, 9.17) is 10.8 Å². The first-order valence-electron chi connectivity index (χ1n) is 5.86. The van der Waals surface area contributed by atoms with Gasteiger partial charge < -0.3 is 16.2 Å². The Labute approximate surface area is 94.4 Å². The minimum Gasteiger partial charge on any atom is -0.481 e. The fraction of sp³-hybridized carbons (Fsp3) is 0.818. The van der Waals surface area contributed by atoms with Crippen molar-refractivity contribution < 1.29 is 14.7 Å². The highest BCUT2D eigenvalue weighted by Crippen LogP contribution is 2.39. The monoisotopic (exact) mass is 226 g/mol. The van der Waals surface area contributed by atoms with Crippen molar-refractivity contribution in [3.05, 3.63) is 0 Å². The molecule has 2 fully saturated rings. The molecule has 0 unspecified atom stereocenters. The molecule has 2 aliphatic carbocycles. The van der Waals surface area contributed by atoms with Gasteiger partial charge in [0.1, 0.15) is 0 Å². The molecule has 90 valence electrons. The molecule has 0 heterocycles. The van der Waals surface area contributed by atoms with Crippen molar-refractivity contribution in [2.24, 2.45) is 17.6 Å². The molecule has 2 aliphatic rings. The predicted octanol–water partition coefficient (Wildman–Crippen LogP) is 0.0932. The Morgan fingerprint density at radius 2 is 1.75 bits per heavy atom. The van der Waals surface area contributed by atoms with E-state index in [0.29, 0.717) is 6.42 Å². The fourth-order valence-corrected chi connectivity index (χ4v) is 2.33. The number of nitrogens with two attached hydrogens (primary N) is 1. The number of hydrogen-bond donors (Lipinski definition) is 3. The smallest absolute Gasteiger partial charge is 0.307 e. The van der Waals surface area contributed by atoms with E-state index in [1.54, 1.807) is 0 Å². The second-order valence-electron chi connectivity index (χ2n) is 4.91. The minimum absolute atomic E-state index is 0.0899. The normalized spacial score (nSPS) is 37.8. The third kappa shape index (κ3) is 2.52. The van der Waals surface area contributed by atoms with Crippen LogP contribution in [0.1, 0.15) is 32.1 Å². The lowest BCUT2D eigenvalue weighted by Gasteiger charge is -2.26. The molecule has 0 aromatic carbocycles. The van der Waals surface area contributed by atoms with Gasteiger partial charge in [-0.15, -0.1) is 0 Å². The number of amides is 1. The molecule has 16 heavy (non-hydrogen) atoms. The zero-order chi connectivity index (χ0) is 11.7. The van der Waals surface area contributed by atoms with Crippen LogP contribution in [0.3, 0.4) is 0 Å². The van der Waals surface area contributed by atoms with Crippen molar-refractivity contribution in [3.63, 3.8) is 0 Å². The largest absolute Gasteiger partial charge is 0.481 e. The van der Waals surface area contributed by atoms with Gasteiger partial charge in [0, 0.05) is 12.1 Å². The highest BCUT2D eigenvalue weighted by atomic mass is 16.4. The second kappa shape index (κ2) is 4.41. The molecule has 5 heteroatoms. The van der Waals surface area contributed by atoms with Gasteiger partial charge in [0.15, 0.2) is 0 Å². The maximum atomic E-state index is 11.7. The zero-order valence-corrected chi connectivity index (χ0v) is 9.19. The third-order valence-corrected chi connectivity index (χ3v) is 3.56. The summed E-state index contributed by atoms with van der Waals surface area (Å²) in [5.41, 5.74) is 5.77. The zero-order valence-electron chi connectivity index (χ0n) is 9.19. The van der Waals surface area contributed by atoms with Gasteiger partial charge in [-0.2, -0.15) is 0 Å². The van der Waals surface area contributed by atoms with Crippen molar-refractivity contribution in [2.75, 3.05) is 0 Å². The van der Waals surface area contributed by atoms with Crippen LogP contribution >= 0.6 is 0 Å². The summed E-state index contributed by atoms with van der Waals surface area (Å²) >= 11 is 0. The number of carboxylic acid groups (broad SMARTS) is 1. The first-order chi connectivity index (χ1) is 7.58. The molecule has 2 saturated carbocycles. The molecule has 5 nitrogen and oxygen atoms in total.